The lowest BCUT2D eigenvalue weighted by Gasteiger charge is -2.41. The number of rotatable bonds is 3. The van der Waals surface area contributed by atoms with Gasteiger partial charge in [0.15, 0.2) is 5.65 Å². The molecule has 28 heavy (non-hydrogen) atoms. The third-order valence-corrected chi connectivity index (χ3v) is 6.48. The third-order valence-electron chi connectivity index (χ3n) is 6.48. The predicted octanol–water partition coefficient (Wildman–Crippen LogP) is 4.13. The van der Waals surface area contributed by atoms with E-state index < -0.39 is 0 Å². The van der Waals surface area contributed by atoms with Gasteiger partial charge in [-0.05, 0) is 36.3 Å². The minimum absolute atomic E-state index is 0.120. The van der Waals surface area contributed by atoms with Crippen LogP contribution in [0, 0.1) is 11.8 Å². The summed E-state index contributed by atoms with van der Waals surface area (Å²) in [7, 11) is 0. The van der Waals surface area contributed by atoms with Crippen LogP contribution in [0.5, 0.6) is 0 Å². The molecule has 1 aliphatic carbocycles. The van der Waals surface area contributed by atoms with Gasteiger partial charge in [-0.3, -0.25) is 4.79 Å². The first-order valence-electron chi connectivity index (χ1n) is 10.4. The van der Waals surface area contributed by atoms with E-state index in [1.54, 1.807) is 6.20 Å². The monoisotopic (exact) mass is 374 g/mol. The topological polar surface area (TPSA) is 51.0 Å². The SMILES string of the molecule is O=C(c1cnc2c(cnn2Cc2ccccc2)c1)N1CC[C@H]2CCCC[C@@H]2C1. The highest BCUT2D eigenvalue weighted by Gasteiger charge is 2.33. The predicted molar refractivity (Wildman–Crippen MR) is 109 cm³/mol. The maximum absolute atomic E-state index is 13.1. The largest absolute Gasteiger partial charge is 0.338 e. The second-order valence-corrected chi connectivity index (χ2v) is 8.27. The van der Waals surface area contributed by atoms with Crippen LogP contribution in [-0.4, -0.2) is 38.7 Å². The van der Waals surface area contributed by atoms with E-state index in [0.717, 1.165) is 36.5 Å². The highest BCUT2D eigenvalue weighted by molar-refractivity contribution is 5.96. The number of amides is 1. The van der Waals surface area contributed by atoms with Crippen LogP contribution in [0.25, 0.3) is 11.0 Å². The van der Waals surface area contributed by atoms with Crippen LogP contribution in [0.15, 0.2) is 48.8 Å². The molecule has 0 radical (unpaired) electrons. The highest BCUT2D eigenvalue weighted by Crippen LogP contribution is 2.36. The molecule has 1 amide bonds. The van der Waals surface area contributed by atoms with Gasteiger partial charge < -0.3 is 4.90 Å². The number of carbonyl (C=O) groups is 1. The Bertz CT molecular complexity index is 981. The zero-order valence-corrected chi connectivity index (χ0v) is 16.1. The first-order chi connectivity index (χ1) is 13.8. The highest BCUT2D eigenvalue weighted by atomic mass is 16.2. The van der Waals surface area contributed by atoms with Crippen molar-refractivity contribution in [1.82, 2.24) is 19.7 Å². The Labute approximate surface area is 165 Å². The van der Waals surface area contributed by atoms with Crippen molar-refractivity contribution < 1.29 is 4.79 Å². The number of pyridine rings is 1. The summed E-state index contributed by atoms with van der Waals surface area (Å²) in [6, 6.07) is 12.2. The molecule has 2 atom stereocenters. The van der Waals surface area contributed by atoms with Crippen molar-refractivity contribution in [3.05, 3.63) is 59.9 Å². The van der Waals surface area contributed by atoms with Crippen molar-refractivity contribution in [1.29, 1.82) is 0 Å². The molecule has 5 rings (SSSR count). The van der Waals surface area contributed by atoms with Gasteiger partial charge in [0.25, 0.3) is 5.91 Å². The van der Waals surface area contributed by atoms with Crippen molar-refractivity contribution >= 4 is 16.9 Å². The molecular weight excluding hydrogens is 348 g/mol. The zero-order valence-electron chi connectivity index (χ0n) is 16.1. The minimum atomic E-state index is 0.120. The smallest absolute Gasteiger partial charge is 0.255 e. The fraction of sp³-hybridized carbons (Fsp3) is 0.435. The van der Waals surface area contributed by atoms with Crippen molar-refractivity contribution in [3.8, 4) is 0 Å². The van der Waals surface area contributed by atoms with Crippen LogP contribution in [0.1, 0.15) is 48.0 Å². The summed E-state index contributed by atoms with van der Waals surface area (Å²) in [5.41, 5.74) is 2.69. The lowest BCUT2D eigenvalue weighted by Crippen LogP contribution is -2.44. The standard InChI is InChI=1S/C23H26N4O/c28-23(26-11-10-18-8-4-5-9-19(18)16-26)21-12-20-14-25-27(22(20)24-13-21)15-17-6-2-1-3-7-17/h1-3,6-7,12-14,18-19H,4-5,8-11,15-16H2/t18-,19-/m1/s1. The van der Waals surface area contributed by atoms with E-state index in [2.05, 4.69) is 22.2 Å². The molecule has 0 bridgehead atoms. The second kappa shape index (κ2) is 7.38. The first-order valence-corrected chi connectivity index (χ1v) is 10.4. The maximum Gasteiger partial charge on any atom is 0.255 e. The van der Waals surface area contributed by atoms with E-state index in [9.17, 15) is 4.79 Å². The molecule has 0 unspecified atom stereocenters. The van der Waals surface area contributed by atoms with E-state index >= 15 is 0 Å². The number of aromatic nitrogens is 3. The molecule has 2 fully saturated rings. The summed E-state index contributed by atoms with van der Waals surface area (Å²) in [6.07, 6.45) is 10.00. The molecule has 1 saturated heterocycles. The van der Waals surface area contributed by atoms with Gasteiger partial charge in [-0.25, -0.2) is 9.67 Å². The molecule has 1 saturated carbocycles. The molecule has 5 heteroatoms. The number of hydrogen-bond donors (Lipinski definition) is 0. The Kier molecular flexibility index (Phi) is 4.59. The molecule has 1 aromatic carbocycles. The fourth-order valence-electron chi connectivity index (χ4n) is 4.93. The molecule has 2 aromatic heterocycles. The average Bonchev–Trinajstić information content (AvgIpc) is 3.15. The Balaban J connectivity index is 1.34. The Morgan fingerprint density at radius 3 is 2.71 bits per heavy atom. The summed E-state index contributed by atoms with van der Waals surface area (Å²) in [5.74, 6) is 1.64. The number of hydrogen-bond acceptors (Lipinski definition) is 3. The molecule has 3 aromatic rings. The lowest BCUT2D eigenvalue weighted by molar-refractivity contribution is 0.0520. The lowest BCUT2D eigenvalue weighted by atomic mass is 9.75. The van der Waals surface area contributed by atoms with Crippen LogP contribution in [0.2, 0.25) is 0 Å². The summed E-state index contributed by atoms with van der Waals surface area (Å²) < 4.78 is 1.90. The molecule has 5 nitrogen and oxygen atoms in total. The Hall–Kier alpha value is -2.69. The number of likely N-dealkylation sites (tertiary alicyclic amines) is 1. The van der Waals surface area contributed by atoms with Crippen molar-refractivity contribution in [3.63, 3.8) is 0 Å². The molecule has 3 heterocycles. The Morgan fingerprint density at radius 2 is 1.86 bits per heavy atom. The van der Waals surface area contributed by atoms with E-state index in [1.165, 1.54) is 31.2 Å². The van der Waals surface area contributed by atoms with E-state index in [-0.39, 0.29) is 5.91 Å². The van der Waals surface area contributed by atoms with Gasteiger partial charge in [-0.2, -0.15) is 5.10 Å². The summed E-state index contributed by atoms with van der Waals surface area (Å²) in [5, 5.41) is 5.41. The van der Waals surface area contributed by atoms with Gasteiger partial charge in [0.2, 0.25) is 0 Å². The zero-order chi connectivity index (χ0) is 18.9. The number of benzene rings is 1. The van der Waals surface area contributed by atoms with Crippen molar-refractivity contribution in [2.75, 3.05) is 13.1 Å². The van der Waals surface area contributed by atoms with E-state index in [4.69, 9.17) is 0 Å². The van der Waals surface area contributed by atoms with Crippen LogP contribution < -0.4 is 0 Å². The summed E-state index contributed by atoms with van der Waals surface area (Å²) in [4.78, 5) is 19.7. The normalized spacial score (nSPS) is 22.2. The van der Waals surface area contributed by atoms with Crippen molar-refractivity contribution in [2.45, 2.75) is 38.6 Å². The summed E-state index contributed by atoms with van der Waals surface area (Å²) in [6.45, 7) is 2.47. The minimum Gasteiger partial charge on any atom is -0.338 e. The van der Waals surface area contributed by atoms with Crippen molar-refractivity contribution in [2.24, 2.45) is 11.8 Å². The second-order valence-electron chi connectivity index (χ2n) is 8.27. The maximum atomic E-state index is 13.1. The molecule has 1 aliphatic heterocycles. The van der Waals surface area contributed by atoms with Crippen LogP contribution in [-0.2, 0) is 6.54 Å². The number of carbonyl (C=O) groups excluding carboxylic acids is 1. The van der Waals surface area contributed by atoms with Gasteiger partial charge >= 0.3 is 0 Å². The van der Waals surface area contributed by atoms with Gasteiger partial charge in [0, 0.05) is 24.7 Å². The molecule has 0 N–H and O–H groups in total. The van der Waals surface area contributed by atoms with Crippen LogP contribution in [0.3, 0.4) is 0 Å². The quantitative estimate of drug-likeness (QED) is 0.693. The van der Waals surface area contributed by atoms with Gasteiger partial charge in [0.05, 0.1) is 18.3 Å². The fourth-order valence-corrected chi connectivity index (χ4v) is 4.93. The van der Waals surface area contributed by atoms with Crippen LogP contribution >= 0.6 is 0 Å². The molecule has 0 spiro atoms. The molecule has 144 valence electrons. The third kappa shape index (κ3) is 3.30. The molecular formula is C23H26N4O. The Morgan fingerprint density at radius 1 is 1.04 bits per heavy atom. The van der Waals surface area contributed by atoms with Gasteiger partial charge in [0.1, 0.15) is 0 Å². The number of fused-ring (bicyclic) bond motifs is 2. The first kappa shape index (κ1) is 17.4. The van der Waals surface area contributed by atoms with Crippen LogP contribution in [0.4, 0.5) is 0 Å². The average molecular weight is 374 g/mol. The number of piperidine rings is 1. The van der Waals surface area contributed by atoms with E-state index in [1.807, 2.05) is 40.0 Å². The molecule has 2 aliphatic rings. The van der Waals surface area contributed by atoms with E-state index in [0.29, 0.717) is 18.0 Å². The number of nitrogens with zero attached hydrogens (tertiary/aromatic N) is 4. The van der Waals surface area contributed by atoms with Gasteiger partial charge in [-0.1, -0.05) is 49.6 Å². The summed E-state index contributed by atoms with van der Waals surface area (Å²) >= 11 is 0. The van der Waals surface area contributed by atoms with Gasteiger partial charge in [-0.15, -0.1) is 0 Å².